The first-order valence-electron chi connectivity index (χ1n) is 8.02. The van der Waals surface area contributed by atoms with Gasteiger partial charge < -0.3 is 4.74 Å². The molecule has 2 aromatic rings. The summed E-state index contributed by atoms with van der Waals surface area (Å²) in [5, 5.41) is 0.578. The number of hydrogen-bond donors (Lipinski definition) is 0. The third kappa shape index (κ3) is 5.20. The molecule has 2 unspecified atom stereocenters. The van der Waals surface area contributed by atoms with Crippen LogP contribution in [0.3, 0.4) is 0 Å². The lowest BCUT2D eigenvalue weighted by molar-refractivity contribution is -0.151. The van der Waals surface area contributed by atoms with Crippen molar-refractivity contribution in [1.82, 2.24) is 0 Å². The second-order valence-electron chi connectivity index (χ2n) is 5.50. The third-order valence-corrected chi connectivity index (χ3v) is 3.94. The van der Waals surface area contributed by atoms with Crippen LogP contribution in [0.2, 0.25) is 5.02 Å². The van der Waals surface area contributed by atoms with Crippen molar-refractivity contribution in [3.63, 3.8) is 0 Å². The van der Waals surface area contributed by atoms with E-state index in [1.165, 1.54) is 6.92 Å². The zero-order valence-corrected chi connectivity index (χ0v) is 14.9. The first-order valence-corrected chi connectivity index (χ1v) is 8.40. The molecule has 0 aliphatic carbocycles. The van der Waals surface area contributed by atoms with Gasteiger partial charge in [0.1, 0.15) is 11.7 Å². The summed E-state index contributed by atoms with van der Waals surface area (Å²) in [4.78, 5) is 24.5. The molecule has 0 heterocycles. The van der Waals surface area contributed by atoms with Crippen molar-refractivity contribution in [2.45, 2.75) is 19.8 Å². The smallest absolute Gasteiger partial charge is 0.318 e. The molecule has 0 saturated carbocycles. The van der Waals surface area contributed by atoms with Crippen LogP contribution in [-0.4, -0.2) is 18.4 Å². The molecule has 2 rings (SSSR count). The lowest BCUT2D eigenvalue weighted by Gasteiger charge is -2.20. The summed E-state index contributed by atoms with van der Waals surface area (Å²) in [6, 6.07) is 16.4. The summed E-state index contributed by atoms with van der Waals surface area (Å²) >= 11 is 5.95. The van der Waals surface area contributed by atoms with E-state index in [1.807, 2.05) is 30.3 Å². The topological polar surface area (TPSA) is 43.4 Å². The summed E-state index contributed by atoms with van der Waals surface area (Å²) in [5.74, 6) is 3.71. The highest BCUT2D eigenvalue weighted by Crippen LogP contribution is 2.28. The highest BCUT2D eigenvalue weighted by molar-refractivity contribution is 6.30. The van der Waals surface area contributed by atoms with E-state index in [2.05, 4.69) is 11.8 Å². The molecule has 0 aliphatic heterocycles. The summed E-state index contributed by atoms with van der Waals surface area (Å²) in [6.07, 6.45) is 0. The van der Waals surface area contributed by atoms with E-state index < -0.39 is 17.8 Å². The second kappa shape index (κ2) is 9.05. The van der Waals surface area contributed by atoms with E-state index >= 15 is 0 Å². The summed E-state index contributed by atoms with van der Waals surface area (Å²) in [7, 11) is 0. The number of benzene rings is 2. The Labute approximate surface area is 153 Å². The monoisotopic (exact) mass is 354 g/mol. The predicted molar refractivity (Wildman–Crippen MR) is 98.3 cm³/mol. The molecule has 2 atom stereocenters. The van der Waals surface area contributed by atoms with Crippen molar-refractivity contribution in [2.24, 2.45) is 5.92 Å². The van der Waals surface area contributed by atoms with Crippen LogP contribution in [0.1, 0.15) is 30.9 Å². The highest BCUT2D eigenvalue weighted by Gasteiger charge is 2.33. The lowest BCUT2D eigenvalue weighted by Crippen LogP contribution is -2.30. The molecule has 4 heteroatoms. The Morgan fingerprint density at radius 3 is 2.28 bits per heavy atom. The maximum Gasteiger partial charge on any atom is 0.318 e. The van der Waals surface area contributed by atoms with Gasteiger partial charge in [0, 0.05) is 10.6 Å². The molecular weight excluding hydrogens is 336 g/mol. The van der Waals surface area contributed by atoms with Crippen molar-refractivity contribution in [3.05, 3.63) is 70.7 Å². The van der Waals surface area contributed by atoms with Crippen LogP contribution in [0.4, 0.5) is 0 Å². The first-order chi connectivity index (χ1) is 12.0. The van der Waals surface area contributed by atoms with E-state index in [0.29, 0.717) is 5.02 Å². The minimum atomic E-state index is -0.975. The minimum Gasteiger partial charge on any atom is -0.465 e. The fraction of sp³-hybridized carbons (Fsp3) is 0.238. The molecule has 2 aromatic carbocycles. The molecule has 0 bridgehead atoms. The van der Waals surface area contributed by atoms with Crippen molar-refractivity contribution < 1.29 is 14.3 Å². The number of Topliss-reactive ketones (excluding diaryl/α,β-unsaturated/α-hetero) is 1. The largest absolute Gasteiger partial charge is 0.465 e. The zero-order valence-electron chi connectivity index (χ0n) is 14.2. The molecule has 0 radical (unpaired) electrons. The van der Waals surface area contributed by atoms with Gasteiger partial charge in [-0.3, -0.25) is 9.59 Å². The van der Waals surface area contributed by atoms with Gasteiger partial charge in [0.05, 0.1) is 12.5 Å². The number of rotatable bonds is 5. The average Bonchev–Trinajstić information content (AvgIpc) is 2.60. The molecule has 128 valence electrons. The molecule has 0 amide bonds. The van der Waals surface area contributed by atoms with E-state index in [1.54, 1.807) is 31.2 Å². The van der Waals surface area contributed by atoms with E-state index in [9.17, 15) is 9.59 Å². The number of carbonyl (C=O) groups excluding carboxylic acids is 2. The van der Waals surface area contributed by atoms with Gasteiger partial charge in [0.25, 0.3) is 0 Å². The summed E-state index contributed by atoms with van der Waals surface area (Å²) < 4.78 is 5.09. The van der Waals surface area contributed by atoms with Crippen LogP contribution >= 0.6 is 11.6 Å². The molecule has 0 aromatic heterocycles. The second-order valence-corrected chi connectivity index (χ2v) is 5.94. The van der Waals surface area contributed by atoms with Crippen LogP contribution in [0.25, 0.3) is 0 Å². The standard InChI is InChI=1S/C21H19ClO3/c1-3-25-21(24)20(15(2)23)19(17-10-12-18(22)13-11-17)14-9-16-7-5-4-6-8-16/h4-8,10-13,19-20H,3H2,1-2H3. The first kappa shape index (κ1) is 18.8. The van der Waals surface area contributed by atoms with Gasteiger partial charge in [0.15, 0.2) is 0 Å². The molecule has 3 nitrogen and oxygen atoms in total. The van der Waals surface area contributed by atoms with Crippen molar-refractivity contribution >= 4 is 23.4 Å². The number of halogens is 1. The Morgan fingerprint density at radius 1 is 1.08 bits per heavy atom. The maximum atomic E-state index is 12.3. The van der Waals surface area contributed by atoms with E-state index in [4.69, 9.17) is 16.3 Å². The predicted octanol–water partition coefficient (Wildman–Crippen LogP) is 4.24. The van der Waals surface area contributed by atoms with Crippen LogP contribution in [0.15, 0.2) is 54.6 Å². The fourth-order valence-electron chi connectivity index (χ4n) is 2.48. The normalized spacial score (nSPS) is 12.4. The van der Waals surface area contributed by atoms with E-state index in [0.717, 1.165) is 11.1 Å². The minimum absolute atomic E-state index is 0.210. The van der Waals surface area contributed by atoms with Gasteiger partial charge in [-0.05, 0) is 43.7 Å². The van der Waals surface area contributed by atoms with Gasteiger partial charge in [-0.2, -0.15) is 0 Å². The number of ether oxygens (including phenoxy) is 1. The zero-order chi connectivity index (χ0) is 18.2. The number of hydrogen-bond acceptors (Lipinski definition) is 3. The maximum absolute atomic E-state index is 12.3. The number of esters is 1. The Kier molecular flexibility index (Phi) is 6.80. The fourth-order valence-corrected chi connectivity index (χ4v) is 2.61. The molecule has 0 N–H and O–H groups in total. The third-order valence-electron chi connectivity index (χ3n) is 3.69. The van der Waals surface area contributed by atoms with E-state index in [-0.39, 0.29) is 12.4 Å². The summed E-state index contributed by atoms with van der Waals surface area (Å²) in [5.41, 5.74) is 1.56. The lowest BCUT2D eigenvalue weighted by atomic mass is 9.84. The van der Waals surface area contributed by atoms with Crippen molar-refractivity contribution in [1.29, 1.82) is 0 Å². The van der Waals surface area contributed by atoms with Gasteiger partial charge in [-0.1, -0.05) is 53.8 Å². The SMILES string of the molecule is CCOC(=O)C(C(C)=O)C(C#Cc1ccccc1)c1ccc(Cl)cc1. The van der Waals surface area contributed by atoms with Gasteiger partial charge in [-0.15, -0.1) is 0 Å². The Hall–Kier alpha value is -2.57. The van der Waals surface area contributed by atoms with Crippen molar-refractivity contribution in [3.8, 4) is 11.8 Å². The molecular formula is C21H19ClO3. The summed E-state index contributed by atoms with van der Waals surface area (Å²) in [6.45, 7) is 3.30. The van der Waals surface area contributed by atoms with Gasteiger partial charge in [0.2, 0.25) is 0 Å². The van der Waals surface area contributed by atoms with Crippen LogP contribution in [-0.2, 0) is 14.3 Å². The Bertz CT molecular complexity index is 785. The Balaban J connectivity index is 2.47. The molecule has 0 aliphatic rings. The van der Waals surface area contributed by atoms with Crippen LogP contribution < -0.4 is 0 Å². The molecule has 0 spiro atoms. The Morgan fingerprint density at radius 2 is 1.72 bits per heavy atom. The molecule has 0 saturated heterocycles. The molecule has 25 heavy (non-hydrogen) atoms. The van der Waals surface area contributed by atoms with Crippen LogP contribution in [0, 0.1) is 17.8 Å². The molecule has 0 fully saturated rings. The average molecular weight is 355 g/mol. The van der Waals surface area contributed by atoms with Crippen molar-refractivity contribution in [2.75, 3.05) is 6.61 Å². The van der Waals surface area contributed by atoms with Crippen LogP contribution in [0.5, 0.6) is 0 Å². The van der Waals surface area contributed by atoms with Gasteiger partial charge in [-0.25, -0.2) is 0 Å². The van der Waals surface area contributed by atoms with Gasteiger partial charge >= 0.3 is 5.97 Å². The number of carbonyl (C=O) groups is 2. The highest BCUT2D eigenvalue weighted by atomic mass is 35.5. The quantitative estimate of drug-likeness (QED) is 0.458. The number of ketones is 1.